The van der Waals surface area contributed by atoms with E-state index < -0.39 is 6.17 Å². The molecule has 2 aromatic rings. The molecule has 0 aliphatic heterocycles. The number of hydrogen-bond acceptors (Lipinski definition) is 2. The summed E-state index contributed by atoms with van der Waals surface area (Å²) in [6.07, 6.45) is 7.18. The van der Waals surface area contributed by atoms with Crippen LogP contribution in [0.1, 0.15) is 38.2 Å². The summed E-state index contributed by atoms with van der Waals surface area (Å²) in [5, 5.41) is 0. The number of hydrogen-bond donors (Lipinski definition) is 0. The summed E-state index contributed by atoms with van der Waals surface area (Å²) in [5.74, 6) is 0.0914. The fraction of sp³-hybridized carbons (Fsp3) is 0.412. The molecule has 21 heavy (non-hydrogen) atoms. The SMILES string of the molecule is CC(F)CCCCCc1cnc(-c2ccccc2F)nc1. The van der Waals surface area contributed by atoms with E-state index in [1.165, 1.54) is 6.07 Å². The quantitative estimate of drug-likeness (QED) is 0.688. The van der Waals surface area contributed by atoms with Crippen LogP contribution in [0.5, 0.6) is 0 Å². The minimum atomic E-state index is -0.714. The van der Waals surface area contributed by atoms with Gasteiger partial charge in [0.25, 0.3) is 0 Å². The van der Waals surface area contributed by atoms with Crippen molar-refractivity contribution in [3.63, 3.8) is 0 Å². The lowest BCUT2D eigenvalue weighted by molar-refractivity contribution is 0.330. The van der Waals surface area contributed by atoms with Crippen LogP contribution in [-0.2, 0) is 6.42 Å². The Morgan fingerprint density at radius 2 is 1.76 bits per heavy atom. The predicted molar refractivity (Wildman–Crippen MR) is 80.2 cm³/mol. The third-order valence-corrected chi connectivity index (χ3v) is 3.39. The summed E-state index contributed by atoms with van der Waals surface area (Å²) in [6, 6.07) is 6.48. The van der Waals surface area contributed by atoms with Crippen molar-refractivity contribution in [2.45, 2.75) is 45.2 Å². The number of nitrogens with zero attached hydrogens (tertiary/aromatic N) is 2. The van der Waals surface area contributed by atoms with Crippen molar-refractivity contribution in [1.29, 1.82) is 0 Å². The van der Waals surface area contributed by atoms with E-state index in [2.05, 4.69) is 9.97 Å². The number of rotatable bonds is 7. The molecule has 2 rings (SSSR count). The van der Waals surface area contributed by atoms with Crippen LogP contribution in [0, 0.1) is 5.82 Å². The van der Waals surface area contributed by atoms with E-state index in [9.17, 15) is 8.78 Å². The largest absolute Gasteiger partial charge is 0.248 e. The smallest absolute Gasteiger partial charge is 0.162 e. The molecule has 1 aromatic carbocycles. The molecule has 1 unspecified atom stereocenters. The molecule has 1 atom stereocenters. The first-order chi connectivity index (χ1) is 10.2. The second kappa shape index (κ2) is 7.81. The number of unbranched alkanes of at least 4 members (excludes halogenated alkanes) is 2. The molecule has 112 valence electrons. The lowest BCUT2D eigenvalue weighted by Gasteiger charge is -2.04. The molecule has 0 aliphatic carbocycles. The molecule has 2 nitrogen and oxygen atoms in total. The van der Waals surface area contributed by atoms with E-state index in [0.29, 0.717) is 17.8 Å². The van der Waals surface area contributed by atoms with Crippen molar-refractivity contribution in [2.24, 2.45) is 0 Å². The maximum absolute atomic E-state index is 13.6. The van der Waals surface area contributed by atoms with Gasteiger partial charge in [0.05, 0.1) is 11.7 Å². The summed E-state index contributed by atoms with van der Waals surface area (Å²) in [6.45, 7) is 1.59. The highest BCUT2D eigenvalue weighted by atomic mass is 19.1. The topological polar surface area (TPSA) is 25.8 Å². The number of benzene rings is 1. The van der Waals surface area contributed by atoms with Crippen molar-refractivity contribution in [2.75, 3.05) is 0 Å². The minimum Gasteiger partial charge on any atom is -0.248 e. The van der Waals surface area contributed by atoms with E-state index in [-0.39, 0.29) is 5.82 Å². The average molecular weight is 290 g/mol. The van der Waals surface area contributed by atoms with E-state index in [0.717, 1.165) is 31.2 Å². The minimum absolute atomic E-state index is 0.314. The van der Waals surface area contributed by atoms with Crippen LogP contribution in [0.3, 0.4) is 0 Å². The lowest BCUT2D eigenvalue weighted by atomic mass is 10.1. The van der Waals surface area contributed by atoms with Crippen LogP contribution in [0.2, 0.25) is 0 Å². The molecule has 4 heteroatoms. The summed E-state index contributed by atoms with van der Waals surface area (Å²) >= 11 is 0. The number of aryl methyl sites for hydroxylation is 1. The highest BCUT2D eigenvalue weighted by Crippen LogP contribution is 2.18. The second-order valence-electron chi connectivity index (χ2n) is 5.27. The van der Waals surface area contributed by atoms with Crippen LogP contribution in [0.4, 0.5) is 8.78 Å². The molecule has 0 saturated carbocycles. The van der Waals surface area contributed by atoms with Crippen molar-refractivity contribution in [3.05, 3.63) is 48.0 Å². The first-order valence-electron chi connectivity index (χ1n) is 7.36. The van der Waals surface area contributed by atoms with E-state index >= 15 is 0 Å². The van der Waals surface area contributed by atoms with Crippen molar-refractivity contribution in [3.8, 4) is 11.4 Å². The Hall–Kier alpha value is -1.84. The Bertz CT molecular complexity index is 553. The molecular formula is C17H20F2N2. The third kappa shape index (κ3) is 4.88. The molecule has 1 heterocycles. The fourth-order valence-corrected chi connectivity index (χ4v) is 2.20. The first kappa shape index (κ1) is 15.5. The van der Waals surface area contributed by atoms with Crippen LogP contribution in [0.15, 0.2) is 36.7 Å². The Morgan fingerprint density at radius 1 is 1.05 bits per heavy atom. The van der Waals surface area contributed by atoms with Gasteiger partial charge in [-0.3, -0.25) is 0 Å². The van der Waals surface area contributed by atoms with Gasteiger partial charge in [-0.25, -0.2) is 18.7 Å². The Balaban J connectivity index is 1.86. The summed E-state index contributed by atoms with van der Waals surface area (Å²) < 4.78 is 26.3. The van der Waals surface area contributed by atoms with Gasteiger partial charge in [0.2, 0.25) is 0 Å². The molecule has 0 bridgehead atoms. The van der Waals surface area contributed by atoms with Crippen LogP contribution in [0.25, 0.3) is 11.4 Å². The van der Waals surface area contributed by atoms with Crippen molar-refractivity contribution >= 4 is 0 Å². The Morgan fingerprint density at radius 3 is 2.43 bits per heavy atom. The van der Waals surface area contributed by atoms with Gasteiger partial charge in [0, 0.05) is 12.4 Å². The summed E-state index contributed by atoms with van der Waals surface area (Å²) in [4.78, 5) is 8.45. The fourth-order valence-electron chi connectivity index (χ4n) is 2.20. The van der Waals surface area contributed by atoms with Crippen molar-refractivity contribution in [1.82, 2.24) is 9.97 Å². The summed E-state index contributed by atoms with van der Waals surface area (Å²) in [5.41, 5.74) is 1.45. The van der Waals surface area contributed by atoms with Gasteiger partial charge in [-0.2, -0.15) is 0 Å². The van der Waals surface area contributed by atoms with Crippen molar-refractivity contribution < 1.29 is 8.78 Å². The van der Waals surface area contributed by atoms with E-state index in [1.807, 2.05) is 0 Å². The zero-order valence-corrected chi connectivity index (χ0v) is 12.2. The maximum atomic E-state index is 13.6. The molecule has 1 aromatic heterocycles. The van der Waals surface area contributed by atoms with Crippen LogP contribution in [-0.4, -0.2) is 16.1 Å². The number of aromatic nitrogens is 2. The third-order valence-electron chi connectivity index (χ3n) is 3.39. The molecule has 0 amide bonds. The van der Waals surface area contributed by atoms with Gasteiger partial charge in [-0.05, 0) is 43.9 Å². The molecule has 0 saturated heterocycles. The summed E-state index contributed by atoms with van der Waals surface area (Å²) in [7, 11) is 0. The van der Waals surface area contributed by atoms with Crippen LogP contribution >= 0.6 is 0 Å². The second-order valence-corrected chi connectivity index (χ2v) is 5.27. The lowest BCUT2D eigenvalue weighted by Crippen LogP contribution is -1.96. The molecular weight excluding hydrogens is 270 g/mol. The predicted octanol–water partition coefficient (Wildman–Crippen LogP) is 4.74. The zero-order valence-electron chi connectivity index (χ0n) is 12.2. The van der Waals surface area contributed by atoms with Gasteiger partial charge in [0.15, 0.2) is 5.82 Å². The molecule has 0 aliphatic rings. The number of halogens is 2. The number of alkyl halides is 1. The molecule has 0 N–H and O–H groups in total. The van der Waals surface area contributed by atoms with Gasteiger partial charge >= 0.3 is 0 Å². The van der Waals surface area contributed by atoms with Gasteiger partial charge < -0.3 is 0 Å². The molecule has 0 fully saturated rings. The van der Waals surface area contributed by atoms with E-state index in [1.54, 1.807) is 37.5 Å². The standard InChI is InChI=1S/C17H20F2N2/c1-13(18)7-3-2-4-8-14-11-20-17(21-12-14)15-9-5-6-10-16(15)19/h5-6,9-13H,2-4,7-8H2,1H3. The monoisotopic (exact) mass is 290 g/mol. The highest BCUT2D eigenvalue weighted by molar-refractivity contribution is 5.55. The first-order valence-corrected chi connectivity index (χ1v) is 7.36. The van der Waals surface area contributed by atoms with Gasteiger partial charge in [-0.1, -0.05) is 25.0 Å². The van der Waals surface area contributed by atoms with Crippen LogP contribution < -0.4 is 0 Å². The Labute approximate surface area is 124 Å². The van der Waals surface area contributed by atoms with Gasteiger partial charge in [-0.15, -0.1) is 0 Å². The molecule has 0 radical (unpaired) electrons. The zero-order chi connectivity index (χ0) is 15.1. The molecule has 0 spiro atoms. The normalized spacial score (nSPS) is 12.3. The Kier molecular flexibility index (Phi) is 5.78. The van der Waals surface area contributed by atoms with E-state index in [4.69, 9.17) is 0 Å². The van der Waals surface area contributed by atoms with Gasteiger partial charge in [0.1, 0.15) is 5.82 Å². The maximum Gasteiger partial charge on any atom is 0.162 e. The highest BCUT2D eigenvalue weighted by Gasteiger charge is 2.06. The average Bonchev–Trinajstić information content (AvgIpc) is 2.48.